The number of hydrogen-bond donors (Lipinski definition) is 3. The number of nitrogens with one attached hydrogen (secondary N) is 2. The van der Waals surface area contributed by atoms with Gasteiger partial charge in [-0.2, -0.15) is 9.98 Å². The molecule has 0 aliphatic heterocycles. The fourth-order valence-corrected chi connectivity index (χ4v) is 3.77. The van der Waals surface area contributed by atoms with Gasteiger partial charge >= 0.3 is 5.97 Å². The SMILES string of the molecule is Cc1ccc(S(=O)(=O)NCC(=O)OCC(O)=C(C#N)c2nc3ccccc3[nH]2)cc1C. The molecule has 0 saturated carbocycles. The van der Waals surface area contributed by atoms with Crippen molar-refractivity contribution in [1.29, 1.82) is 5.26 Å². The number of ether oxygens (including phenoxy) is 1. The summed E-state index contributed by atoms with van der Waals surface area (Å²) in [5.41, 5.74) is 2.85. The number of sulfonamides is 1. The number of hydrogen-bond acceptors (Lipinski definition) is 7. The Morgan fingerprint density at radius 2 is 1.97 bits per heavy atom. The number of aliphatic hydroxyl groups is 1. The maximum absolute atomic E-state index is 12.3. The highest BCUT2D eigenvalue weighted by Crippen LogP contribution is 2.19. The minimum atomic E-state index is -3.90. The molecule has 1 aromatic heterocycles. The Morgan fingerprint density at radius 3 is 2.65 bits per heavy atom. The Morgan fingerprint density at radius 1 is 1.23 bits per heavy atom. The van der Waals surface area contributed by atoms with Gasteiger partial charge in [0.05, 0.1) is 15.9 Å². The van der Waals surface area contributed by atoms with Crippen LogP contribution in [-0.2, 0) is 19.6 Å². The predicted octanol–water partition coefficient (Wildman–Crippen LogP) is 2.49. The molecule has 160 valence electrons. The van der Waals surface area contributed by atoms with Crippen LogP contribution >= 0.6 is 0 Å². The highest BCUT2D eigenvalue weighted by molar-refractivity contribution is 7.89. The van der Waals surface area contributed by atoms with E-state index in [9.17, 15) is 23.6 Å². The van der Waals surface area contributed by atoms with Gasteiger partial charge in [-0.3, -0.25) is 4.79 Å². The van der Waals surface area contributed by atoms with Crippen molar-refractivity contribution in [3.05, 3.63) is 65.2 Å². The van der Waals surface area contributed by atoms with Gasteiger partial charge in [-0.1, -0.05) is 18.2 Å². The smallest absolute Gasteiger partial charge is 0.321 e. The second kappa shape index (κ2) is 8.99. The number of benzene rings is 2. The molecule has 3 aromatic rings. The van der Waals surface area contributed by atoms with Gasteiger partial charge in [-0.25, -0.2) is 13.4 Å². The van der Waals surface area contributed by atoms with Crippen LogP contribution in [0.4, 0.5) is 0 Å². The van der Waals surface area contributed by atoms with Gasteiger partial charge in [0.25, 0.3) is 0 Å². The van der Waals surface area contributed by atoms with E-state index in [0.717, 1.165) is 11.1 Å². The average molecular weight is 440 g/mol. The first-order chi connectivity index (χ1) is 14.7. The van der Waals surface area contributed by atoms with E-state index in [1.807, 2.05) is 13.0 Å². The summed E-state index contributed by atoms with van der Waals surface area (Å²) in [5.74, 6) is -1.29. The van der Waals surface area contributed by atoms with Crippen LogP contribution in [0.25, 0.3) is 16.6 Å². The lowest BCUT2D eigenvalue weighted by atomic mass is 10.1. The number of nitriles is 1. The highest BCUT2D eigenvalue weighted by Gasteiger charge is 2.18. The molecule has 0 radical (unpaired) electrons. The summed E-state index contributed by atoms with van der Waals surface area (Å²) in [7, 11) is -3.90. The maximum Gasteiger partial charge on any atom is 0.321 e. The summed E-state index contributed by atoms with van der Waals surface area (Å²) in [6.45, 7) is 2.41. The molecule has 0 bridgehead atoms. The van der Waals surface area contributed by atoms with Crippen LogP contribution in [0.15, 0.2) is 53.1 Å². The van der Waals surface area contributed by atoms with Crippen LogP contribution in [0.1, 0.15) is 17.0 Å². The van der Waals surface area contributed by atoms with Crippen LogP contribution in [0, 0.1) is 25.2 Å². The number of esters is 1. The number of rotatable bonds is 7. The average Bonchev–Trinajstić information content (AvgIpc) is 3.17. The minimum Gasteiger partial charge on any atom is -0.507 e. The maximum atomic E-state index is 12.3. The number of imidazole rings is 1. The topological polar surface area (TPSA) is 145 Å². The first-order valence-corrected chi connectivity index (χ1v) is 10.7. The van der Waals surface area contributed by atoms with Crippen molar-refractivity contribution in [2.45, 2.75) is 18.7 Å². The lowest BCUT2D eigenvalue weighted by Gasteiger charge is -2.09. The number of aromatic nitrogens is 2. The molecule has 0 aliphatic carbocycles. The van der Waals surface area contributed by atoms with Gasteiger partial charge in [0.15, 0.2) is 11.6 Å². The van der Waals surface area contributed by atoms with Crippen LogP contribution in [-0.4, -0.2) is 42.6 Å². The first kappa shape index (κ1) is 22.0. The second-order valence-electron chi connectivity index (χ2n) is 6.77. The summed E-state index contributed by atoms with van der Waals surface area (Å²) in [4.78, 5) is 19.1. The third-order valence-corrected chi connectivity index (χ3v) is 5.99. The predicted molar refractivity (Wildman–Crippen MR) is 113 cm³/mol. The molecule has 0 unspecified atom stereocenters. The first-order valence-electron chi connectivity index (χ1n) is 9.21. The fourth-order valence-electron chi connectivity index (χ4n) is 2.72. The molecule has 0 amide bonds. The van der Waals surface area contributed by atoms with Gasteiger partial charge in [0.1, 0.15) is 24.8 Å². The molecular weight excluding hydrogens is 420 g/mol. The molecule has 10 heteroatoms. The molecule has 2 aromatic carbocycles. The Balaban J connectivity index is 1.63. The molecular formula is C21H20N4O5S. The number of carbonyl (C=O) groups is 1. The minimum absolute atomic E-state index is 0.0304. The van der Waals surface area contributed by atoms with Crippen molar-refractivity contribution >= 4 is 32.6 Å². The monoisotopic (exact) mass is 440 g/mol. The molecule has 0 atom stereocenters. The molecule has 31 heavy (non-hydrogen) atoms. The van der Waals surface area contributed by atoms with Gasteiger partial charge < -0.3 is 14.8 Å². The van der Waals surface area contributed by atoms with E-state index in [1.54, 1.807) is 37.3 Å². The van der Waals surface area contributed by atoms with Crippen LogP contribution in [0.5, 0.6) is 0 Å². The Hall–Kier alpha value is -3.68. The van der Waals surface area contributed by atoms with Crippen LogP contribution in [0.3, 0.4) is 0 Å². The number of H-pyrrole nitrogens is 1. The van der Waals surface area contributed by atoms with Crippen molar-refractivity contribution in [2.24, 2.45) is 0 Å². The van der Waals surface area contributed by atoms with E-state index in [-0.39, 0.29) is 16.3 Å². The summed E-state index contributed by atoms with van der Waals surface area (Å²) >= 11 is 0. The van der Waals surface area contributed by atoms with E-state index in [0.29, 0.717) is 11.0 Å². The van der Waals surface area contributed by atoms with Gasteiger partial charge in [-0.15, -0.1) is 0 Å². The van der Waals surface area contributed by atoms with Crippen molar-refractivity contribution in [2.75, 3.05) is 13.2 Å². The van der Waals surface area contributed by atoms with Crippen molar-refractivity contribution in [1.82, 2.24) is 14.7 Å². The summed E-state index contributed by atoms with van der Waals surface area (Å²) in [6, 6.07) is 13.5. The van der Waals surface area contributed by atoms with Crippen molar-refractivity contribution in [3.8, 4) is 6.07 Å². The van der Waals surface area contributed by atoms with E-state index >= 15 is 0 Å². The van der Waals surface area contributed by atoms with Crippen molar-refractivity contribution in [3.63, 3.8) is 0 Å². The van der Waals surface area contributed by atoms with E-state index in [4.69, 9.17) is 4.74 Å². The highest BCUT2D eigenvalue weighted by atomic mass is 32.2. The zero-order valence-corrected chi connectivity index (χ0v) is 17.7. The summed E-state index contributed by atoms with van der Waals surface area (Å²) in [5, 5.41) is 19.5. The number of fused-ring (bicyclic) bond motifs is 1. The molecule has 0 spiro atoms. The molecule has 0 fully saturated rings. The number of aryl methyl sites for hydroxylation is 2. The number of aliphatic hydroxyl groups excluding tert-OH is 1. The van der Waals surface area contributed by atoms with E-state index in [2.05, 4.69) is 14.7 Å². The van der Waals surface area contributed by atoms with Gasteiger partial charge in [0, 0.05) is 0 Å². The second-order valence-corrected chi connectivity index (χ2v) is 8.53. The lowest BCUT2D eigenvalue weighted by Crippen LogP contribution is -2.31. The Bertz CT molecular complexity index is 1290. The third kappa shape index (κ3) is 5.09. The van der Waals surface area contributed by atoms with Crippen LogP contribution < -0.4 is 4.72 Å². The number of carbonyl (C=O) groups excluding carboxylic acids is 1. The Labute approximate surface area is 179 Å². The summed E-state index contributed by atoms with van der Waals surface area (Å²) < 4.78 is 31.7. The summed E-state index contributed by atoms with van der Waals surface area (Å²) in [6.07, 6.45) is 0. The van der Waals surface area contributed by atoms with Crippen LogP contribution in [0.2, 0.25) is 0 Å². The quantitative estimate of drug-likeness (QED) is 0.291. The normalized spacial score (nSPS) is 12.3. The molecule has 3 rings (SSSR count). The van der Waals surface area contributed by atoms with E-state index in [1.165, 1.54) is 12.1 Å². The van der Waals surface area contributed by atoms with E-state index < -0.39 is 34.9 Å². The third-order valence-electron chi connectivity index (χ3n) is 4.59. The van der Waals surface area contributed by atoms with Gasteiger partial charge in [0.2, 0.25) is 10.0 Å². The fraction of sp³-hybridized carbons (Fsp3) is 0.190. The standard InChI is InChI=1S/C21H20N4O5S/c1-13-7-8-15(9-14(13)2)31(28,29)23-11-20(27)30-12-19(26)16(10-22)21-24-17-5-3-4-6-18(17)25-21/h3-9,23,26H,11-12H2,1-2H3,(H,24,25). The Kier molecular flexibility index (Phi) is 6.39. The zero-order chi connectivity index (χ0) is 22.6. The number of nitrogens with zero attached hydrogens (tertiary/aromatic N) is 2. The lowest BCUT2D eigenvalue weighted by molar-refractivity contribution is -0.141. The van der Waals surface area contributed by atoms with Gasteiger partial charge in [-0.05, 0) is 49.2 Å². The largest absolute Gasteiger partial charge is 0.507 e. The molecule has 1 heterocycles. The number of aromatic amines is 1. The number of allylic oxidation sites excluding steroid dienone is 1. The zero-order valence-electron chi connectivity index (χ0n) is 16.8. The molecule has 0 aliphatic rings. The molecule has 0 saturated heterocycles. The number of para-hydroxylation sites is 2. The molecule has 3 N–H and O–H groups in total. The van der Waals surface area contributed by atoms with Crippen molar-refractivity contribution < 1.29 is 23.1 Å². The molecule has 9 nitrogen and oxygen atoms in total.